The molecule has 0 unspecified atom stereocenters. The highest BCUT2D eigenvalue weighted by molar-refractivity contribution is 7.17. The SMILES string of the molecule is c1cc(NNc2ccc3c(c2)OCO3)c2sccc2c1. The van der Waals surface area contributed by atoms with Crippen molar-refractivity contribution < 1.29 is 9.47 Å². The van der Waals surface area contributed by atoms with Gasteiger partial charge >= 0.3 is 0 Å². The van der Waals surface area contributed by atoms with Crippen LogP contribution in [0.5, 0.6) is 11.5 Å². The Morgan fingerprint density at radius 3 is 2.90 bits per heavy atom. The highest BCUT2D eigenvalue weighted by atomic mass is 32.1. The number of anilines is 2. The fraction of sp³-hybridized carbons (Fsp3) is 0.0667. The highest BCUT2D eigenvalue weighted by Gasteiger charge is 2.13. The number of ether oxygens (including phenoxy) is 2. The molecule has 3 aromatic rings. The first-order chi connectivity index (χ1) is 9.90. The van der Waals surface area contributed by atoms with Crippen molar-refractivity contribution in [3.63, 3.8) is 0 Å². The Kier molecular flexibility index (Phi) is 2.63. The van der Waals surface area contributed by atoms with E-state index in [4.69, 9.17) is 9.47 Å². The van der Waals surface area contributed by atoms with Crippen LogP contribution in [0.25, 0.3) is 10.1 Å². The molecule has 20 heavy (non-hydrogen) atoms. The summed E-state index contributed by atoms with van der Waals surface area (Å²) in [5, 5.41) is 3.34. The fourth-order valence-electron chi connectivity index (χ4n) is 2.21. The van der Waals surface area contributed by atoms with E-state index in [9.17, 15) is 0 Å². The molecule has 100 valence electrons. The molecule has 2 N–H and O–H groups in total. The van der Waals surface area contributed by atoms with Crippen molar-refractivity contribution in [2.45, 2.75) is 0 Å². The number of nitrogens with one attached hydrogen (secondary N) is 2. The molecule has 0 aliphatic carbocycles. The van der Waals surface area contributed by atoms with E-state index in [2.05, 4.69) is 34.4 Å². The second kappa shape index (κ2) is 4.61. The van der Waals surface area contributed by atoms with Gasteiger partial charge in [-0.2, -0.15) is 0 Å². The standard InChI is InChI=1S/C15H12N2O2S/c1-2-10-6-7-20-15(10)12(3-1)17-16-11-4-5-13-14(8-11)19-9-18-13/h1-8,16-17H,9H2. The average Bonchev–Trinajstić information content (AvgIpc) is 3.13. The average molecular weight is 284 g/mol. The molecule has 0 saturated heterocycles. The Labute approximate surface area is 119 Å². The van der Waals surface area contributed by atoms with Gasteiger partial charge in [0.1, 0.15) is 0 Å². The molecule has 4 nitrogen and oxygen atoms in total. The number of benzene rings is 2. The van der Waals surface area contributed by atoms with E-state index in [0.29, 0.717) is 6.79 Å². The van der Waals surface area contributed by atoms with Crippen LogP contribution in [0.3, 0.4) is 0 Å². The lowest BCUT2D eigenvalue weighted by Gasteiger charge is -2.11. The van der Waals surface area contributed by atoms with Crippen LogP contribution in [0.4, 0.5) is 11.4 Å². The van der Waals surface area contributed by atoms with Gasteiger partial charge in [0.05, 0.1) is 16.1 Å². The lowest BCUT2D eigenvalue weighted by molar-refractivity contribution is 0.174. The molecule has 0 radical (unpaired) electrons. The molecule has 2 aromatic carbocycles. The van der Waals surface area contributed by atoms with Gasteiger partial charge in [0.25, 0.3) is 0 Å². The summed E-state index contributed by atoms with van der Waals surface area (Å²) in [5.74, 6) is 1.56. The Balaban J connectivity index is 1.57. The number of fused-ring (bicyclic) bond motifs is 2. The van der Waals surface area contributed by atoms with Crippen LogP contribution < -0.4 is 20.3 Å². The zero-order valence-electron chi connectivity index (χ0n) is 10.6. The van der Waals surface area contributed by atoms with E-state index in [1.165, 1.54) is 10.1 Å². The minimum absolute atomic E-state index is 0.292. The fourth-order valence-corrected chi connectivity index (χ4v) is 3.07. The van der Waals surface area contributed by atoms with Gasteiger partial charge in [-0.25, -0.2) is 0 Å². The first kappa shape index (κ1) is 11.4. The van der Waals surface area contributed by atoms with E-state index < -0.39 is 0 Å². The van der Waals surface area contributed by atoms with E-state index in [1.807, 2.05) is 24.3 Å². The molecule has 4 rings (SSSR count). The normalized spacial score (nSPS) is 12.6. The number of hydrogen-bond acceptors (Lipinski definition) is 5. The van der Waals surface area contributed by atoms with Crippen molar-refractivity contribution in [1.29, 1.82) is 0 Å². The van der Waals surface area contributed by atoms with Gasteiger partial charge in [0.2, 0.25) is 6.79 Å². The summed E-state index contributed by atoms with van der Waals surface area (Å²) in [6.07, 6.45) is 0. The molecule has 0 saturated carbocycles. The Bertz CT molecular complexity index is 769. The minimum atomic E-state index is 0.292. The van der Waals surface area contributed by atoms with Gasteiger partial charge in [-0.1, -0.05) is 12.1 Å². The van der Waals surface area contributed by atoms with Crippen molar-refractivity contribution in [3.05, 3.63) is 47.8 Å². The number of rotatable bonds is 3. The zero-order valence-corrected chi connectivity index (χ0v) is 11.4. The Morgan fingerprint density at radius 1 is 0.950 bits per heavy atom. The predicted octanol–water partition coefficient (Wildman–Crippen LogP) is 4.07. The predicted molar refractivity (Wildman–Crippen MR) is 81.6 cm³/mol. The van der Waals surface area contributed by atoms with Crippen molar-refractivity contribution in [2.75, 3.05) is 17.6 Å². The molecular formula is C15H12N2O2S. The van der Waals surface area contributed by atoms with Gasteiger partial charge < -0.3 is 14.9 Å². The monoisotopic (exact) mass is 284 g/mol. The van der Waals surface area contributed by atoms with Gasteiger partial charge in [0, 0.05) is 6.07 Å². The molecule has 0 amide bonds. The smallest absolute Gasteiger partial charge is 0.231 e. The first-order valence-electron chi connectivity index (χ1n) is 6.28. The zero-order chi connectivity index (χ0) is 13.4. The van der Waals surface area contributed by atoms with Crippen molar-refractivity contribution >= 4 is 32.8 Å². The summed E-state index contributed by atoms with van der Waals surface area (Å²) in [7, 11) is 0. The summed E-state index contributed by atoms with van der Waals surface area (Å²) >= 11 is 1.72. The van der Waals surface area contributed by atoms with E-state index in [0.717, 1.165) is 22.9 Å². The van der Waals surface area contributed by atoms with Crippen LogP contribution in [-0.4, -0.2) is 6.79 Å². The van der Waals surface area contributed by atoms with E-state index in [-0.39, 0.29) is 0 Å². The Morgan fingerprint density at radius 2 is 1.90 bits per heavy atom. The molecule has 0 spiro atoms. The number of hydrazine groups is 1. The topological polar surface area (TPSA) is 42.5 Å². The second-order valence-electron chi connectivity index (χ2n) is 4.46. The van der Waals surface area contributed by atoms with Crippen molar-refractivity contribution in [3.8, 4) is 11.5 Å². The lowest BCUT2D eigenvalue weighted by Crippen LogP contribution is -2.08. The molecular weight excluding hydrogens is 272 g/mol. The number of thiophene rings is 1. The molecule has 5 heteroatoms. The number of hydrogen-bond donors (Lipinski definition) is 2. The lowest BCUT2D eigenvalue weighted by atomic mass is 10.2. The molecule has 0 bridgehead atoms. The quantitative estimate of drug-likeness (QED) is 0.711. The Hall–Kier alpha value is -2.40. The third kappa shape index (κ3) is 1.92. The molecule has 1 aliphatic heterocycles. The van der Waals surface area contributed by atoms with Crippen LogP contribution in [0.1, 0.15) is 0 Å². The maximum atomic E-state index is 5.36. The van der Waals surface area contributed by atoms with Crippen LogP contribution in [0, 0.1) is 0 Å². The maximum Gasteiger partial charge on any atom is 0.231 e. The van der Waals surface area contributed by atoms with Gasteiger partial charge in [-0.15, -0.1) is 11.3 Å². The van der Waals surface area contributed by atoms with Gasteiger partial charge in [0.15, 0.2) is 11.5 Å². The summed E-state index contributed by atoms with van der Waals surface area (Å²) in [5.41, 5.74) is 8.44. The van der Waals surface area contributed by atoms with E-state index in [1.54, 1.807) is 11.3 Å². The van der Waals surface area contributed by atoms with Crippen LogP contribution in [0.2, 0.25) is 0 Å². The summed E-state index contributed by atoms with van der Waals surface area (Å²) in [4.78, 5) is 0. The van der Waals surface area contributed by atoms with Crippen molar-refractivity contribution in [1.82, 2.24) is 0 Å². The molecule has 0 atom stereocenters. The van der Waals surface area contributed by atoms with Crippen LogP contribution in [-0.2, 0) is 0 Å². The molecule has 0 fully saturated rings. The molecule has 1 aliphatic rings. The molecule has 1 aromatic heterocycles. The second-order valence-corrected chi connectivity index (χ2v) is 5.38. The van der Waals surface area contributed by atoms with Gasteiger partial charge in [-0.05, 0) is 35.0 Å². The highest BCUT2D eigenvalue weighted by Crippen LogP contribution is 2.34. The van der Waals surface area contributed by atoms with Crippen LogP contribution in [0.15, 0.2) is 47.8 Å². The molecule has 2 heterocycles. The summed E-state index contributed by atoms with van der Waals surface area (Å²) < 4.78 is 11.9. The maximum absolute atomic E-state index is 5.36. The largest absolute Gasteiger partial charge is 0.454 e. The van der Waals surface area contributed by atoms with E-state index >= 15 is 0 Å². The summed E-state index contributed by atoms with van der Waals surface area (Å²) in [6.45, 7) is 0.292. The summed E-state index contributed by atoms with van der Waals surface area (Å²) in [6, 6.07) is 14.1. The first-order valence-corrected chi connectivity index (χ1v) is 7.16. The third-order valence-corrected chi connectivity index (χ3v) is 4.16. The van der Waals surface area contributed by atoms with Crippen molar-refractivity contribution in [2.24, 2.45) is 0 Å². The van der Waals surface area contributed by atoms with Crippen LogP contribution >= 0.6 is 11.3 Å². The minimum Gasteiger partial charge on any atom is -0.454 e. The van der Waals surface area contributed by atoms with Gasteiger partial charge in [-0.3, -0.25) is 5.43 Å². The third-order valence-electron chi connectivity index (χ3n) is 3.19.